The zero-order valence-electron chi connectivity index (χ0n) is 12.9. The van der Waals surface area contributed by atoms with E-state index >= 15 is 0 Å². The number of aryl methyl sites for hydroxylation is 1. The Bertz CT molecular complexity index is 415. The van der Waals surface area contributed by atoms with E-state index in [-0.39, 0.29) is 5.54 Å². The number of piperazine rings is 1. The van der Waals surface area contributed by atoms with Crippen molar-refractivity contribution in [1.29, 1.82) is 0 Å². The van der Waals surface area contributed by atoms with Crippen LogP contribution in [0.2, 0.25) is 0 Å². The quantitative estimate of drug-likeness (QED) is 0.889. The highest BCUT2D eigenvalue weighted by Gasteiger charge is 2.34. The summed E-state index contributed by atoms with van der Waals surface area (Å²) in [7, 11) is 0. The molecule has 2 heteroatoms. The van der Waals surface area contributed by atoms with Gasteiger partial charge in [-0.25, -0.2) is 0 Å². The van der Waals surface area contributed by atoms with Gasteiger partial charge in [0.15, 0.2) is 0 Å². The lowest BCUT2D eigenvalue weighted by Crippen LogP contribution is -2.63. The number of benzene rings is 1. The van der Waals surface area contributed by atoms with Crippen LogP contribution in [0.3, 0.4) is 0 Å². The second-order valence-corrected chi connectivity index (χ2v) is 5.97. The smallest absolute Gasteiger partial charge is 0.0413 e. The van der Waals surface area contributed by atoms with Gasteiger partial charge in [-0.15, -0.1) is 0 Å². The van der Waals surface area contributed by atoms with Crippen LogP contribution < -0.4 is 10.2 Å². The van der Waals surface area contributed by atoms with Gasteiger partial charge in [-0.2, -0.15) is 0 Å². The molecule has 2 atom stereocenters. The van der Waals surface area contributed by atoms with Gasteiger partial charge in [0, 0.05) is 30.4 Å². The van der Waals surface area contributed by atoms with Crippen LogP contribution in [-0.4, -0.2) is 24.7 Å². The lowest BCUT2D eigenvalue weighted by atomic mass is 9.91. The van der Waals surface area contributed by atoms with Crippen molar-refractivity contribution in [1.82, 2.24) is 5.32 Å². The molecule has 19 heavy (non-hydrogen) atoms. The van der Waals surface area contributed by atoms with Crippen LogP contribution in [0, 0.1) is 0 Å². The third-order valence-electron chi connectivity index (χ3n) is 4.66. The minimum Gasteiger partial charge on any atom is -0.365 e. The molecule has 1 aromatic rings. The molecule has 0 bridgehead atoms. The van der Waals surface area contributed by atoms with Crippen LogP contribution in [-0.2, 0) is 6.42 Å². The van der Waals surface area contributed by atoms with Gasteiger partial charge in [0.1, 0.15) is 0 Å². The standard InChI is InChI=1S/C17H28N2/c1-5-14-10-8-9-11-16(14)19-13-17(4,7-3)18-12-15(19)6-2/h8-11,15,18H,5-7,12-13H2,1-4H3. The number of nitrogens with zero attached hydrogens (tertiary/aromatic N) is 1. The summed E-state index contributed by atoms with van der Waals surface area (Å²) in [5.41, 5.74) is 3.16. The first kappa shape index (κ1) is 14.4. The second kappa shape index (κ2) is 5.96. The van der Waals surface area contributed by atoms with Gasteiger partial charge in [-0.05, 0) is 37.8 Å². The molecule has 0 amide bonds. The maximum absolute atomic E-state index is 3.74. The summed E-state index contributed by atoms with van der Waals surface area (Å²) >= 11 is 0. The molecular formula is C17H28N2. The van der Waals surface area contributed by atoms with Gasteiger partial charge in [0.25, 0.3) is 0 Å². The molecule has 1 saturated heterocycles. The lowest BCUT2D eigenvalue weighted by Gasteiger charge is -2.47. The van der Waals surface area contributed by atoms with Crippen molar-refractivity contribution < 1.29 is 0 Å². The van der Waals surface area contributed by atoms with Crippen molar-refractivity contribution in [3.05, 3.63) is 29.8 Å². The number of anilines is 1. The Morgan fingerprint density at radius 3 is 2.63 bits per heavy atom. The van der Waals surface area contributed by atoms with E-state index in [0.29, 0.717) is 6.04 Å². The maximum Gasteiger partial charge on any atom is 0.0413 e. The average molecular weight is 260 g/mol. The van der Waals surface area contributed by atoms with E-state index in [4.69, 9.17) is 0 Å². The number of hydrogen-bond acceptors (Lipinski definition) is 2. The van der Waals surface area contributed by atoms with Crippen molar-refractivity contribution >= 4 is 5.69 Å². The Labute approximate surface area is 118 Å². The predicted octanol–water partition coefficient (Wildman–Crippen LogP) is 3.61. The molecule has 1 aliphatic heterocycles. The second-order valence-electron chi connectivity index (χ2n) is 5.97. The van der Waals surface area contributed by atoms with Crippen molar-refractivity contribution in [3.8, 4) is 0 Å². The molecule has 1 N–H and O–H groups in total. The predicted molar refractivity (Wildman–Crippen MR) is 83.9 cm³/mol. The zero-order chi connectivity index (χ0) is 13.9. The van der Waals surface area contributed by atoms with E-state index in [1.54, 1.807) is 0 Å². The SMILES string of the molecule is CCc1ccccc1N1CC(C)(CC)NCC1CC. The highest BCUT2D eigenvalue weighted by Crippen LogP contribution is 2.29. The largest absolute Gasteiger partial charge is 0.365 e. The number of rotatable bonds is 4. The topological polar surface area (TPSA) is 15.3 Å². The molecule has 2 nitrogen and oxygen atoms in total. The summed E-state index contributed by atoms with van der Waals surface area (Å²) in [6.45, 7) is 11.4. The fraction of sp³-hybridized carbons (Fsp3) is 0.647. The van der Waals surface area contributed by atoms with Gasteiger partial charge >= 0.3 is 0 Å². The molecule has 0 aliphatic carbocycles. The molecule has 0 spiro atoms. The summed E-state index contributed by atoms with van der Waals surface area (Å²) in [5.74, 6) is 0. The molecule has 1 heterocycles. The molecule has 0 radical (unpaired) electrons. The van der Waals surface area contributed by atoms with E-state index in [0.717, 1.165) is 19.5 Å². The third kappa shape index (κ3) is 2.94. The highest BCUT2D eigenvalue weighted by atomic mass is 15.3. The van der Waals surface area contributed by atoms with Gasteiger partial charge in [0.05, 0.1) is 0 Å². The van der Waals surface area contributed by atoms with Crippen molar-refractivity contribution in [2.24, 2.45) is 0 Å². The first-order chi connectivity index (χ1) is 9.13. The monoisotopic (exact) mass is 260 g/mol. The third-order valence-corrected chi connectivity index (χ3v) is 4.66. The normalized spacial score (nSPS) is 27.6. The molecular weight excluding hydrogens is 232 g/mol. The summed E-state index contributed by atoms with van der Waals surface area (Å²) < 4.78 is 0. The Morgan fingerprint density at radius 2 is 2.00 bits per heavy atom. The maximum atomic E-state index is 3.74. The Kier molecular flexibility index (Phi) is 4.51. The summed E-state index contributed by atoms with van der Waals surface area (Å²) in [4.78, 5) is 2.64. The van der Waals surface area contributed by atoms with E-state index in [1.807, 2.05) is 0 Å². The van der Waals surface area contributed by atoms with Gasteiger partial charge in [-0.1, -0.05) is 39.0 Å². The Morgan fingerprint density at radius 1 is 1.26 bits per heavy atom. The van der Waals surface area contributed by atoms with Crippen LogP contribution in [0.15, 0.2) is 24.3 Å². The van der Waals surface area contributed by atoms with E-state index in [9.17, 15) is 0 Å². The number of nitrogens with one attached hydrogen (secondary N) is 1. The molecule has 1 aliphatic rings. The number of para-hydroxylation sites is 1. The van der Waals surface area contributed by atoms with Gasteiger partial charge in [0.2, 0.25) is 0 Å². The fourth-order valence-electron chi connectivity index (χ4n) is 3.01. The number of hydrogen-bond donors (Lipinski definition) is 1. The summed E-state index contributed by atoms with van der Waals surface area (Å²) in [5, 5.41) is 3.74. The Balaban J connectivity index is 2.32. The van der Waals surface area contributed by atoms with Gasteiger partial charge < -0.3 is 10.2 Å². The fourth-order valence-corrected chi connectivity index (χ4v) is 3.01. The van der Waals surface area contributed by atoms with Crippen LogP contribution in [0.4, 0.5) is 5.69 Å². The molecule has 106 valence electrons. The average Bonchev–Trinajstić information content (AvgIpc) is 2.47. The van der Waals surface area contributed by atoms with Crippen LogP contribution in [0.1, 0.15) is 46.1 Å². The minimum absolute atomic E-state index is 0.243. The van der Waals surface area contributed by atoms with Crippen LogP contribution >= 0.6 is 0 Å². The molecule has 2 rings (SSSR count). The summed E-state index contributed by atoms with van der Waals surface area (Å²) in [6.07, 6.45) is 3.48. The first-order valence-corrected chi connectivity index (χ1v) is 7.73. The lowest BCUT2D eigenvalue weighted by molar-refractivity contribution is 0.276. The van der Waals surface area contributed by atoms with Crippen molar-refractivity contribution in [2.75, 3.05) is 18.0 Å². The summed E-state index contributed by atoms with van der Waals surface area (Å²) in [6, 6.07) is 9.51. The molecule has 1 aromatic carbocycles. The van der Waals surface area contributed by atoms with Crippen molar-refractivity contribution in [2.45, 2.75) is 58.5 Å². The minimum atomic E-state index is 0.243. The molecule has 0 aromatic heterocycles. The van der Waals surface area contributed by atoms with Crippen LogP contribution in [0.25, 0.3) is 0 Å². The van der Waals surface area contributed by atoms with Crippen LogP contribution in [0.5, 0.6) is 0 Å². The molecule has 0 saturated carbocycles. The highest BCUT2D eigenvalue weighted by molar-refractivity contribution is 5.55. The molecule has 1 fully saturated rings. The first-order valence-electron chi connectivity index (χ1n) is 7.73. The van der Waals surface area contributed by atoms with E-state index < -0.39 is 0 Å². The zero-order valence-corrected chi connectivity index (χ0v) is 12.9. The van der Waals surface area contributed by atoms with Gasteiger partial charge in [-0.3, -0.25) is 0 Å². The molecule has 2 unspecified atom stereocenters. The van der Waals surface area contributed by atoms with E-state index in [1.165, 1.54) is 24.1 Å². The Hall–Kier alpha value is -1.02. The van der Waals surface area contributed by atoms with E-state index in [2.05, 4.69) is 62.2 Å². The van der Waals surface area contributed by atoms with Crippen molar-refractivity contribution in [3.63, 3.8) is 0 Å².